The second-order valence-electron chi connectivity index (χ2n) is 5.40. The molecule has 1 atom stereocenters. The fourth-order valence-corrected chi connectivity index (χ4v) is 2.95. The van der Waals surface area contributed by atoms with E-state index in [2.05, 4.69) is 10.2 Å². The van der Waals surface area contributed by atoms with E-state index in [9.17, 15) is 10.1 Å². The van der Waals surface area contributed by atoms with Gasteiger partial charge in [0.1, 0.15) is 0 Å². The van der Waals surface area contributed by atoms with Crippen LogP contribution in [0.25, 0.3) is 0 Å². The van der Waals surface area contributed by atoms with Crippen molar-refractivity contribution in [2.75, 3.05) is 20.1 Å². The molecule has 1 aromatic carbocycles. The lowest BCUT2D eigenvalue weighted by Crippen LogP contribution is -2.40. The number of nitrogens with zero attached hydrogens (tertiary/aromatic N) is 2. The third-order valence-corrected chi connectivity index (χ3v) is 4.04. The summed E-state index contributed by atoms with van der Waals surface area (Å²) < 4.78 is 0. The number of rotatable bonds is 6. The highest BCUT2D eigenvalue weighted by Crippen LogP contribution is 2.25. The molecule has 2 rings (SSSR count). The van der Waals surface area contributed by atoms with Crippen molar-refractivity contribution >= 4 is 5.69 Å². The summed E-state index contributed by atoms with van der Waals surface area (Å²) in [5, 5.41) is 14.3. The normalized spacial score (nSPS) is 19.9. The Morgan fingerprint density at radius 2 is 2.20 bits per heavy atom. The van der Waals surface area contributed by atoms with Crippen LogP contribution in [0.2, 0.25) is 0 Å². The molecule has 0 aliphatic carbocycles. The van der Waals surface area contributed by atoms with Crippen LogP contribution in [0, 0.1) is 10.1 Å². The second kappa shape index (κ2) is 7.36. The maximum Gasteiger partial charge on any atom is 0.273 e. The van der Waals surface area contributed by atoms with Crippen molar-refractivity contribution in [2.24, 2.45) is 0 Å². The lowest BCUT2D eigenvalue weighted by atomic mass is 9.98. The highest BCUT2D eigenvalue weighted by molar-refractivity contribution is 5.39. The Balaban J connectivity index is 2.08. The van der Waals surface area contributed by atoms with E-state index in [-0.39, 0.29) is 10.6 Å². The van der Waals surface area contributed by atoms with Crippen LogP contribution in [0.3, 0.4) is 0 Å². The third kappa shape index (κ3) is 3.77. The van der Waals surface area contributed by atoms with Crippen LogP contribution in [0.1, 0.15) is 31.2 Å². The van der Waals surface area contributed by atoms with Crippen LogP contribution in [0.15, 0.2) is 24.3 Å². The largest absolute Gasteiger partial charge is 0.320 e. The highest BCUT2D eigenvalue weighted by Gasteiger charge is 2.24. The molecule has 1 N–H and O–H groups in total. The summed E-state index contributed by atoms with van der Waals surface area (Å²) in [6.07, 6.45) is 4.76. The SMILES string of the molecule is CNCCC1CCCCN1Cc1ccccc1[N+](=O)[O-]. The fourth-order valence-electron chi connectivity index (χ4n) is 2.95. The predicted octanol–water partition coefficient (Wildman–Crippen LogP) is 2.56. The van der Waals surface area contributed by atoms with Crippen molar-refractivity contribution in [3.05, 3.63) is 39.9 Å². The quantitative estimate of drug-likeness (QED) is 0.641. The van der Waals surface area contributed by atoms with Crippen molar-refractivity contribution in [1.29, 1.82) is 0 Å². The van der Waals surface area contributed by atoms with Gasteiger partial charge in [-0.25, -0.2) is 0 Å². The van der Waals surface area contributed by atoms with Gasteiger partial charge in [0.15, 0.2) is 0 Å². The van der Waals surface area contributed by atoms with Gasteiger partial charge in [0, 0.05) is 24.2 Å². The predicted molar refractivity (Wildman–Crippen MR) is 79.7 cm³/mol. The average Bonchev–Trinajstić information content (AvgIpc) is 2.47. The second-order valence-corrected chi connectivity index (χ2v) is 5.40. The average molecular weight is 277 g/mol. The van der Waals surface area contributed by atoms with E-state index >= 15 is 0 Å². The van der Waals surface area contributed by atoms with Crippen molar-refractivity contribution in [3.8, 4) is 0 Å². The highest BCUT2D eigenvalue weighted by atomic mass is 16.6. The lowest BCUT2D eigenvalue weighted by Gasteiger charge is -2.35. The molecule has 110 valence electrons. The first-order valence-corrected chi connectivity index (χ1v) is 7.33. The van der Waals surface area contributed by atoms with E-state index in [0.717, 1.165) is 25.1 Å². The van der Waals surface area contributed by atoms with Crippen LogP contribution in [-0.2, 0) is 6.54 Å². The number of nitro benzene ring substituents is 1. The zero-order valence-corrected chi connectivity index (χ0v) is 12.0. The third-order valence-electron chi connectivity index (χ3n) is 4.04. The summed E-state index contributed by atoms with van der Waals surface area (Å²) in [5.74, 6) is 0. The Kier molecular flexibility index (Phi) is 5.49. The van der Waals surface area contributed by atoms with Gasteiger partial charge in [0.05, 0.1) is 4.92 Å². The minimum atomic E-state index is -0.276. The minimum Gasteiger partial charge on any atom is -0.320 e. The van der Waals surface area contributed by atoms with Crippen LogP contribution in [0.4, 0.5) is 5.69 Å². The summed E-state index contributed by atoms with van der Waals surface area (Å²) >= 11 is 0. The van der Waals surface area contributed by atoms with E-state index in [1.54, 1.807) is 12.1 Å². The van der Waals surface area contributed by atoms with E-state index in [4.69, 9.17) is 0 Å². The van der Waals surface area contributed by atoms with Gasteiger partial charge in [-0.3, -0.25) is 15.0 Å². The topological polar surface area (TPSA) is 58.4 Å². The molecule has 0 spiro atoms. The van der Waals surface area contributed by atoms with Gasteiger partial charge in [-0.2, -0.15) is 0 Å². The van der Waals surface area contributed by atoms with Gasteiger partial charge < -0.3 is 5.32 Å². The summed E-state index contributed by atoms with van der Waals surface area (Å²) in [5.41, 5.74) is 1.07. The standard InChI is InChI=1S/C15H23N3O2/c1-16-10-9-14-7-4-5-11-17(14)12-13-6-2-3-8-15(13)18(19)20/h2-3,6,8,14,16H,4-5,7,9-12H2,1H3. The maximum atomic E-state index is 11.1. The zero-order valence-electron chi connectivity index (χ0n) is 12.0. The summed E-state index contributed by atoms with van der Waals surface area (Å²) in [6, 6.07) is 7.63. The number of likely N-dealkylation sites (tertiary alicyclic amines) is 1. The molecule has 1 fully saturated rings. The molecular weight excluding hydrogens is 254 g/mol. The molecule has 0 aromatic heterocycles. The van der Waals surface area contributed by atoms with Crippen molar-refractivity contribution < 1.29 is 4.92 Å². The molecule has 1 unspecified atom stereocenters. The van der Waals surface area contributed by atoms with Gasteiger partial charge in [-0.1, -0.05) is 24.6 Å². The molecule has 0 bridgehead atoms. The van der Waals surface area contributed by atoms with Crippen molar-refractivity contribution in [1.82, 2.24) is 10.2 Å². The molecule has 0 radical (unpaired) electrons. The van der Waals surface area contributed by atoms with Gasteiger partial charge >= 0.3 is 0 Å². The van der Waals surface area contributed by atoms with Crippen LogP contribution < -0.4 is 5.32 Å². The number of nitro groups is 1. The molecule has 5 nitrogen and oxygen atoms in total. The number of piperidine rings is 1. The van der Waals surface area contributed by atoms with Crippen molar-refractivity contribution in [3.63, 3.8) is 0 Å². The zero-order chi connectivity index (χ0) is 14.4. The van der Waals surface area contributed by atoms with E-state index < -0.39 is 0 Å². The van der Waals surface area contributed by atoms with Gasteiger partial charge in [-0.05, 0) is 39.4 Å². The lowest BCUT2D eigenvalue weighted by molar-refractivity contribution is -0.385. The summed E-state index contributed by atoms with van der Waals surface area (Å²) in [4.78, 5) is 13.2. The smallest absolute Gasteiger partial charge is 0.273 e. The molecule has 1 aliphatic heterocycles. The van der Waals surface area contributed by atoms with Crippen LogP contribution in [0.5, 0.6) is 0 Å². The number of para-hydroxylation sites is 1. The molecule has 20 heavy (non-hydrogen) atoms. The Hall–Kier alpha value is -1.46. The fraction of sp³-hybridized carbons (Fsp3) is 0.600. The number of nitrogens with one attached hydrogen (secondary N) is 1. The van der Waals surface area contributed by atoms with Crippen LogP contribution in [-0.4, -0.2) is 36.0 Å². The molecule has 1 aromatic rings. The van der Waals surface area contributed by atoms with E-state index in [0.29, 0.717) is 12.6 Å². The molecule has 5 heteroatoms. The molecule has 1 saturated heterocycles. The number of benzene rings is 1. The first-order chi connectivity index (χ1) is 9.72. The minimum absolute atomic E-state index is 0.241. The Bertz CT molecular complexity index is 450. The summed E-state index contributed by atoms with van der Waals surface area (Å²) in [7, 11) is 1.97. The van der Waals surface area contributed by atoms with E-state index in [1.165, 1.54) is 19.3 Å². The van der Waals surface area contributed by atoms with Crippen LogP contribution >= 0.6 is 0 Å². The summed E-state index contributed by atoms with van der Waals surface area (Å²) in [6.45, 7) is 2.73. The van der Waals surface area contributed by atoms with E-state index in [1.807, 2.05) is 19.2 Å². The first-order valence-electron chi connectivity index (χ1n) is 7.33. The van der Waals surface area contributed by atoms with Crippen molar-refractivity contribution in [2.45, 2.75) is 38.3 Å². The van der Waals surface area contributed by atoms with Gasteiger partial charge in [0.25, 0.3) is 5.69 Å². The Morgan fingerprint density at radius 3 is 2.95 bits per heavy atom. The molecular formula is C15H23N3O2. The first kappa shape index (κ1) is 14.9. The van der Waals surface area contributed by atoms with Gasteiger partial charge in [-0.15, -0.1) is 0 Å². The molecule has 0 saturated carbocycles. The van der Waals surface area contributed by atoms with Gasteiger partial charge in [0.2, 0.25) is 0 Å². The number of hydrogen-bond donors (Lipinski definition) is 1. The Labute approximate surface area is 120 Å². The maximum absolute atomic E-state index is 11.1. The molecule has 1 heterocycles. The number of hydrogen-bond acceptors (Lipinski definition) is 4. The molecule has 1 aliphatic rings. The Morgan fingerprint density at radius 1 is 1.40 bits per heavy atom. The monoisotopic (exact) mass is 277 g/mol. The molecule has 0 amide bonds.